The van der Waals surface area contributed by atoms with E-state index in [9.17, 15) is 14.4 Å². The Hall–Kier alpha value is -6.67. The second-order valence-electron chi connectivity index (χ2n) is 15.6. The molecule has 320 valence electrons. The van der Waals surface area contributed by atoms with Crippen molar-refractivity contribution < 1.29 is 27.9 Å². The minimum atomic E-state index is -0.962. The van der Waals surface area contributed by atoms with Crippen molar-refractivity contribution in [2.24, 2.45) is 0 Å². The van der Waals surface area contributed by atoms with Crippen molar-refractivity contribution in [1.29, 1.82) is 0 Å². The van der Waals surface area contributed by atoms with Crippen LogP contribution in [0.15, 0.2) is 109 Å². The predicted octanol–water partition coefficient (Wildman–Crippen LogP) is 8.92. The quantitative estimate of drug-likeness (QED) is 0.106. The number of benzene rings is 4. The molecule has 0 saturated carbocycles. The number of H-pyrrole nitrogens is 2. The van der Waals surface area contributed by atoms with Crippen molar-refractivity contribution >= 4 is 17.9 Å². The lowest BCUT2D eigenvalue weighted by molar-refractivity contribution is -0.138. The van der Waals surface area contributed by atoms with Crippen LogP contribution in [0.25, 0.3) is 33.6 Å². The number of imidazole rings is 2. The predicted molar refractivity (Wildman–Crippen MR) is 231 cm³/mol. The molecular formula is C48H50F2N8O4. The van der Waals surface area contributed by atoms with E-state index in [4.69, 9.17) is 4.74 Å². The number of nitrogens with one attached hydrogen (secondary N) is 3. The van der Waals surface area contributed by atoms with E-state index in [1.807, 2.05) is 41.3 Å². The van der Waals surface area contributed by atoms with Gasteiger partial charge in [0.1, 0.15) is 35.4 Å². The SMILES string of the molecule is CCN(CC)[C@@H](C(=O)N1CCC[C@H]1c1ncc(-c2ccc(-c3ccc(-c4cnc([C@@H]5CCCN5C(=O)[C@H](NC(=O)OC)c5ccccc5)[nH]4)c(F)c3)cc2F)[nH]1)c1ccccc1. The Morgan fingerprint density at radius 2 is 1.21 bits per heavy atom. The number of aromatic amines is 2. The highest BCUT2D eigenvalue weighted by atomic mass is 19.1. The Labute approximate surface area is 359 Å². The molecule has 8 rings (SSSR count). The molecule has 0 spiro atoms. The average molecular weight is 841 g/mol. The van der Waals surface area contributed by atoms with E-state index in [1.54, 1.807) is 59.6 Å². The van der Waals surface area contributed by atoms with Crippen LogP contribution in [-0.4, -0.2) is 85.8 Å². The fraction of sp³-hybridized carbons (Fsp3) is 0.312. The number of hydrogen-bond acceptors (Lipinski definition) is 7. The van der Waals surface area contributed by atoms with Gasteiger partial charge in [-0.05, 0) is 85.3 Å². The number of amides is 3. The zero-order chi connectivity index (χ0) is 43.3. The lowest BCUT2D eigenvalue weighted by Crippen LogP contribution is -2.43. The monoisotopic (exact) mass is 840 g/mol. The zero-order valence-electron chi connectivity index (χ0n) is 35.0. The standard InChI is InChI=1S/C48H50F2N8O4/c1-4-56(5-2)43(31-16-10-7-11-17-31)47(60)58-25-13-19-41(58)45-52-29-39(54-45)35-23-21-33(27-37(35)50)32-20-22-34(36(49)26-32)38-28-51-44(53-38)40-18-12-24-57(40)46(59)42(55-48(61)62-3)30-14-8-6-9-15-30/h6-11,14-17,20-23,26-29,40-43H,4-5,12-13,18-19,24-25H2,1-3H3,(H,51,53)(H,52,54)(H,55,61)/t40-,41-,42+,43+/m0/s1. The summed E-state index contributed by atoms with van der Waals surface area (Å²) >= 11 is 0. The number of methoxy groups -OCH3 is 1. The van der Waals surface area contributed by atoms with Gasteiger partial charge in [-0.1, -0.05) is 86.6 Å². The minimum absolute atomic E-state index is 0.0260. The van der Waals surface area contributed by atoms with E-state index in [1.165, 1.54) is 25.4 Å². The van der Waals surface area contributed by atoms with Gasteiger partial charge >= 0.3 is 6.09 Å². The minimum Gasteiger partial charge on any atom is -0.453 e. The summed E-state index contributed by atoms with van der Waals surface area (Å²) in [6, 6.07) is 26.2. The fourth-order valence-corrected chi connectivity index (χ4v) is 8.91. The average Bonchev–Trinajstić information content (AvgIpc) is 4.15. The van der Waals surface area contributed by atoms with Crippen LogP contribution < -0.4 is 5.32 Å². The highest BCUT2D eigenvalue weighted by molar-refractivity contribution is 5.87. The third kappa shape index (κ3) is 8.47. The number of carbonyl (C=O) groups excluding carboxylic acids is 3. The third-order valence-electron chi connectivity index (χ3n) is 12.1. The number of nitrogens with zero attached hydrogens (tertiary/aromatic N) is 5. The zero-order valence-corrected chi connectivity index (χ0v) is 35.0. The molecule has 0 unspecified atom stereocenters. The van der Waals surface area contributed by atoms with E-state index in [0.717, 1.165) is 37.9 Å². The highest BCUT2D eigenvalue weighted by Gasteiger charge is 2.39. The number of rotatable bonds is 13. The Morgan fingerprint density at radius 3 is 1.68 bits per heavy atom. The molecule has 2 fully saturated rings. The van der Waals surface area contributed by atoms with Gasteiger partial charge in [0.25, 0.3) is 5.91 Å². The Bertz CT molecular complexity index is 2520. The normalized spacial score (nSPS) is 17.3. The summed E-state index contributed by atoms with van der Waals surface area (Å²) in [6.07, 6.45) is 5.34. The molecule has 2 aliphatic heterocycles. The Kier molecular flexibility index (Phi) is 12.6. The van der Waals surface area contributed by atoms with Crippen LogP contribution in [0.5, 0.6) is 0 Å². The molecule has 2 aliphatic rings. The van der Waals surface area contributed by atoms with E-state index < -0.39 is 35.9 Å². The van der Waals surface area contributed by atoms with Crippen LogP contribution in [-0.2, 0) is 14.3 Å². The fourth-order valence-electron chi connectivity index (χ4n) is 8.91. The Morgan fingerprint density at radius 1 is 0.726 bits per heavy atom. The van der Waals surface area contributed by atoms with Gasteiger partial charge < -0.3 is 29.8 Å². The molecule has 0 radical (unpaired) electrons. The van der Waals surface area contributed by atoms with E-state index in [2.05, 4.69) is 44.0 Å². The lowest BCUT2D eigenvalue weighted by atomic mass is 10.00. The first-order valence-corrected chi connectivity index (χ1v) is 21.2. The largest absolute Gasteiger partial charge is 0.453 e. The number of carbonyl (C=O) groups is 3. The van der Waals surface area contributed by atoms with Crippen molar-refractivity contribution in [3.63, 3.8) is 0 Å². The number of likely N-dealkylation sites (tertiary alicyclic amines) is 2. The molecule has 62 heavy (non-hydrogen) atoms. The second-order valence-corrected chi connectivity index (χ2v) is 15.6. The van der Waals surface area contributed by atoms with Gasteiger partial charge in [0.2, 0.25) is 5.91 Å². The molecular weight excluding hydrogens is 791 g/mol. The molecule has 0 bridgehead atoms. The number of hydrogen-bond donors (Lipinski definition) is 3. The van der Waals surface area contributed by atoms with Crippen molar-refractivity contribution in [1.82, 2.24) is 40.0 Å². The van der Waals surface area contributed by atoms with Crippen molar-refractivity contribution in [2.45, 2.75) is 63.7 Å². The van der Waals surface area contributed by atoms with Gasteiger partial charge in [-0.15, -0.1) is 0 Å². The smallest absolute Gasteiger partial charge is 0.407 e. The topological polar surface area (TPSA) is 140 Å². The molecule has 12 nitrogen and oxygen atoms in total. The van der Waals surface area contributed by atoms with Gasteiger partial charge in [0.15, 0.2) is 0 Å². The van der Waals surface area contributed by atoms with Crippen LogP contribution in [0, 0.1) is 11.6 Å². The Balaban J connectivity index is 0.968. The van der Waals surface area contributed by atoms with Crippen LogP contribution >= 0.6 is 0 Å². The molecule has 6 aromatic rings. The van der Waals surface area contributed by atoms with E-state index in [0.29, 0.717) is 64.8 Å². The first-order valence-electron chi connectivity index (χ1n) is 21.2. The summed E-state index contributed by atoms with van der Waals surface area (Å²) in [5, 5.41) is 2.66. The molecule has 4 atom stereocenters. The summed E-state index contributed by atoms with van der Waals surface area (Å²) in [5.41, 5.74) is 4.04. The van der Waals surface area contributed by atoms with Gasteiger partial charge in [0.05, 0.1) is 43.0 Å². The first-order chi connectivity index (χ1) is 30.2. The highest BCUT2D eigenvalue weighted by Crippen LogP contribution is 2.38. The summed E-state index contributed by atoms with van der Waals surface area (Å²) in [6.45, 7) is 6.64. The molecule has 0 aliphatic carbocycles. The number of aromatic nitrogens is 4. The molecule has 4 aromatic carbocycles. The van der Waals surface area contributed by atoms with E-state index in [-0.39, 0.29) is 23.4 Å². The summed E-state index contributed by atoms with van der Waals surface area (Å²) in [5.74, 6) is -0.200. The van der Waals surface area contributed by atoms with Crippen LogP contribution in [0.3, 0.4) is 0 Å². The van der Waals surface area contributed by atoms with Crippen LogP contribution in [0.2, 0.25) is 0 Å². The molecule has 14 heteroatoms. The molecule has 2 aromatic heterocycles. The van der Waals surface area contributed by atoms with Crippen LogP contribution in [0.4, 0.5) is 13.6 Å². The number of likely N-dealkylation sites (N-methyl/N-ethyl adjacent to an activating group) is 1. The van der Waals surface area contributed by atoms with Gasteiger partial charge in [-0.2, -0.15) is 0 Å². The first kappa shape index (κ1) is 42.0. The number of alkyl carbamates (subject to hydrolysis) is 1. The van der Waals surface area contributed by atoms with Gasteiger partial charge in [-0.3, -0.25) is 14.5 Å². The lowest BCUT2D eigenvalue weighted by Gasteiger charge is -2.34. The number of ether oxygens (including phenoxy) is 1. The summed E-state index contributed by atoms with van der Waals surface area (Å²) < 4.78 is 36.6. The van der Waals surface area contributed by atoms with Crippen LogP contribution in [0.1, 0.15) is 86.5 Å². The third-order valence-corrected chi connectivity index (χ3v) is 12.1. The summed E-state index contributed by atoms with van der Waals surface area (Å²) in [7, 11) is 1.24. The van der Waals surface area contributed by atoms with Crippen molar-refractivity contribution in [2.75, 3.05) is 33.3 Å². The molecule has 3 amide bonds. The van der Waals surface area contributed by atoms with Crippen molar-refractivity contribution in [3.05, 3.63) is 144 Å². The van der Waals surface area contributed by atoms with Gasteiger partial charge in [-0.25, -0.2) is 23.5 Å². The molecule has 2 saturated heterocycles. The second kappa shape index (κ2) is 18.5. The van der Waals surface area contributed by atoms with Gasteiger partial charge in [0, 0.05) is 24.2 Å². The molecule has 4 heterocycles. The maximum absolute atomic E-state index is 15.9. The van der Waals surface area contributed by atoms with Crippen molar-refractivity contribution in [3.8, 4) is 33.6 Å². The van der Waals surface area contributed by atoms with E-state index >= 15 is 8.78 Å². The molecule has 3 N–H and O–H groups in total. The maximum Gasteiger partial charge on any atom is 0.407 e. The summed E-state index contributed by atoms with van der Waals surface area (Å²) in [4.78, 5) is 61.8. The number of halogens is 2. The maximum atomic E-state index is 15.9.